The van der Waals surface area contributed by atoms with E-state index < -0.39 is 0 Å². The summed E-state index contributed by atoms with van der Waals surface area (Å²) in [6.07, 6.45) is 3.91. The molecule has 0 atom stereocenters. The minimum Gasteiger partial charge on any atom is -0.371 e. The summed E-state index contributed by atoms with van der Waals surface area (Å²) in [6, 6.07) is 9.34. The number of piperidine rings is 1. The Kier molecular flexibility index (Phi) is 4.63. The van der Waals surface area contributed by atoms with Gasteiger partial charge in [0.25, 0.3) is 0 Å². The second-order valence-corrected chi connectivity index (χ2v) is 7.35. The molecule has 1 aliphatic carbocycles. The number of nitrogens with zero attached hydrogens (tertiary/aromatic N) is 3. The Bertz CT molecular complexity index is 751. The predicted octanol–water partition coefficient (Wildman–Crippen LogP) is 2.48. The Morgan fingerprint density at radius 1 is 1.08 bits per heavy atom. The normalized spacial score (nSPS) is 23.5. The van der Waals surface area contributed by atoms with E-state index in [1.54, 1.807) is 0 Å². The number of halogens is 1. The molecule has 1 aromatic carbocycles. The van der Waals surface area contributed by atoms with Crippen molar-refractivity contribution < 1.29 is 4.39 Å². The molecule has 1 aliphatic heterocycles. The average molecular weight is 356 g/mol. The van der Waals surface area contributed by atoms with E-state index in [-0.39, 0.29) is 11.9 Å². The van der Waals surface area contributed by atoms with Crippen LogP contribution < -0.4 is 21.7 Å². The predicted molar refractivity (Wildman–Crippen MR) is 102 cm³/mol. The third kappa shape index (κ3) is 3.72. The molecule has 26 heavy (non-hydrogen) atoms. The van der Waals surface area contributed by atoms with Gasteiger partial charge in [-0.3, -0.25) is 0 Å². The van der Waals surface area contributed by atoms with Gasteiger partial charge in [0.1, 0.15) is 11.6 Å². The maximum atomic E-state index is 13.1. The molecule has 0 amide bonds. The molecule has 138 valence electrons. The smallest absolute Gasteiger partial charge is 0.222 e. The topological polar surface area (TPSA) is 93.1 Å². The largest absolute Gasteiger partial charge is 0.371 e. The molecule has 1 saturated heterocycles. The van der Waals surface area contributed by atoms with E-state index in [1.165, 1.54) is 12.1 Å². The van der Waals surface area contributed by atoms with Gasteiger partial charge < -0.3 is 21.7 Å². The highest BCUT2D eigenvalue weighted by molar-refractivity contribution is 5.47. The standard InChI is InChI=1S/C19H25FN6/c20-13-1-3-16(4-2-13)26-7-5-15(6-8-26)23-18-11-17(24-19(22)25-18)12-9-14(21)10-12/h1-4,11-12,14-15H,5-10,21H2,(H3,22,23,24,25). The number of nitrogens with one attached hydrogen (secondary N) is 1. The molecule has 0 spiro atoms. The summed E-state index contributed by atoms with van der Waals surface area (Å²) in [4.78, 5) is 11.0. The van der Waals surface area contributed by atoms with Gasteiger partial charge >= 0.3 is 0 Å². The fraction of sp³-hybridized carbons (Fsp3) is 0.474. The number of aromatic nitrogens is 2. The second kappa shape index (κ2) is 7.07. The summed E-state index contributed by atoms with van der Waals surface area (Å²) in [5.74, 6) is 1.31. The lowest BCUT2D eigenvalue weighted by Gasteiger charge is -2.34. The van der Waals surface area contributed by atoms with Crippen molar-refractivity contribution in [3.8, 4) is 0 Å². The van der Waals surface area contributed by atoms with Gasteiger partial charge in [-0.2, -0.15) is 4.98 Å². The molecule has 2 fully saturated rings. The van der Waals surface area contributed by atoms with Gasteiger partial charge in [0.05, 0.1) is 5.69 Å². The Labute approximate surface area is 152 Å². The van der Waals surface area contributed by atoms with Crippen molar-refractivity contribution in [3.63, 3.8) is 0 Å². The highest BCUT2D eigenvalue weighted by Crippen LogP contribution is 2.35. The van der Waals surface area contributed by atoms with Crippen LogP contribution in [-0.4, -0.2) is 35.1 Å². The molecule has 4 rings (SSSR count). The van der Waals surface area contributed by atoms with E-state index in [0.717, 1.165) is 56.0 Å². The zero-order chi connectivity index (χ0) is 18.1. The number of hydrogen-bond donors (Lipinski definition) is 3. The first-order chi connectivity index (χ1) is 12.6. The number of nitrogen functional groups attached to an aromatic ring is 1. The van der Waals surface area contributed by atoms with Crippen molar-refractivity contribution in [2.45, 2.75) is 43.7 Å². The number of hydrogen-bond acceptors (Lipinski definition) is 6. The van der Waals surface area contributed by atoms with Gasteiger partial charge in [0, 0.05) is 42.8 Å². The first-order valence-electron chi connectivity index (χ1n) is 9.24. The number of rotatable bonds is 4. The number of nitrogens with two attached hydrogens (primary N) is 2. The first kappa shape index (κ1) is 17.0. The Hall–Kier alpha value is -2.41. The van der Waals surface area contributed by atoms with E-state index in [2.05, 4.69) is 20.2 Å². The molecular formula is C19H25FN6. The van der Waals surface area contributed by atoms with E-state index in [4.69, 9.17) is 11.5 Å². The lowest BCUT2D eigenvalue weighted by molar-refractivity contribution is 0.345. The molecule has 0 bridgehead atoms. The summed E-state index contributed by atoms with van der Waals surface area (Å²) in [6.45, 7) is 1.85. The van der Waals surface area contributed by atoms with Crippen LogP contribution in [0.5, 0.6) is 0 Å². The fourth-order valence-electron chi connectivity index (χ4n) is 3.81. The van der Waals surface area contributed by atoms with Gasteiger partial charge in [-0.25, -0.2) is 9.37 Å². The maximum Gasteiger partial charge on any atom is 0.222 e. The van der Waals surface area contributed by atoms with Crippen molar-refractivity contribution in [1.82, 2.24) is 9.97 Å². The molecule has 2 aliphatic rings. The van der Waals surface area contributed by atoms with Crippen LogP contribution >= 0.6 is 0 Å². The molecule has 6 nitrogen and oxygen atoms in total. The lowest BCUT2D eigenvalue weighted by atomic mass is 9.78. The highest BCUT2D eigenvalue weighted by Gasteiger charge is 2.29. The molecule has 1 aromatic heterocycles. The number of benzene rings is 1. The van der Waals surface area contributed by atoms with Crippen molar-refractivity contribution >= 4 is 17.5 Å². The zero-order valence-corrected chi connectivity index (χ0v) is 14.7. The Morgan fingerprint density at radius 3 is 2.42 bits per heavy atom. The third-order valence-corrected chi connectivity index (χ3v) is 5.39. The van der Waals surface area contributed by atoms with Crippen LogP contribution in [0.4, 0.5) is 21.8 Å². The second-order valence-electron chi connectivity index (χ2n) is 7.35. The first-order valence-corrected chi connectivity index (χ1v) is 9.24. The Balaban J connectivity index is 1.36. The minimum absolute atomic E-state index is 0.199. The summed E-state index contributed by atoms with van der Waals surface area (Å²) in [7, 11) is 0. The van der Waals surface area contributed by atoms with Crippen LogP contribution in [0.25, 0.3) is 0 Å². The molecular weight excluding hydrogens is 331 g/mol. The molecule has 7 heteroatoms. The summed E-state index contributed by atoms with van der Waals surface area (Å²) in [5.41, 5.74) is 13.8. The molecule has 2 heterocycles. The van der Waals surface area contributed by atoms with Crippen LogP contribution in [-0.2, 0) is 0 Å². The average Bonchev–Trinajstić information content (AvgIpc) is 2.60. The van der Waals surface area contributed by atoms with E-state index in [0.29, 0.717) is 17.9 Å². The zero-order valence-electron chi connectivity index (χ0n) is 14.7. The minimum atomic E-state index is -0.199. The van der Waals surface area contributed by atoms with E-state index in [9.17, 15) is 4.39 Å². The number of anilines is 3. The van der Waals surface area contributed by atoms with Gasteiger partial charge in [0.2, 0.25) is 5.95 Å². The monoisotopic (exact) mass is 356 g/mol. The van der Waals surface area contributed by atoms with Crippen LogP contribution in [0, 0.1) is 5.82 Å². The van der Waals surface area contributed by atoms with Gasteiger partial charge in [0.15, 0.2) is 0 Å². The third-order valence-electron chi connectivity index (χ3n) is 5.39. The van der Waals surface area contributed by atoms with Crippen LogP contribution in [0.2, 0.25) is 0 Å². The molecule has 2 aromatic rings. The summed E-state index contributed by atoms with van der Waals surface area (Å²) in [5, 5.41) is 3.51. The molecule has 0 unspecified atom stereocenters. The summed E-state index contributed by atoms with van der Waals surface area (Å²) < 4.78 is 13.1. The molecule has 0 radical (unpaired) electrons. The van der Waals surface area contributed by atoms with Crippen LogP contribution in [0.15, 0.2) is 30.3 Å². The van der Waals surface area contributed by atoms with E-state index in [1.807, 2.05) is 18.2 Å². The van der Waals surface area contributed by atoms with Gasteiger partial charge in [-0.1, -0.05) is 0 Å². The lowest BCUT2D eigenvalue weighted by Crippen LogP contribution is -2.39. The van der Waals surface area contributed by atoms with Crippen molar-refractivity contribution in [3.05, 3.63) is 41.8 Å². The highest BCUT2D eigenvalue weighted by atomic mass is 19.1. The molecule has 5 N–H and O–H groups in total. The van der Waals surface area contributed by atoms with E-state index >= 15 is 0 Å². The fourth-order valence-corrected chi connectivity index (χ4v) is 3.81. The Morgan fingerprint density at radius 2 is 1.77 bits per heavy atom. The maximum absolute atomic E-state index is 13.1. The quantitative estimate of drug-likeness (QED) is 0.779. The van der Waals surface area contributed by atoms with Crippen LogP contribution in [0.3, 0.4) is 0 Å². The van der Waals surface area contributed by atoms with Gasteiger partial charge in [-0.05, 0) is 49.9 Å². The SMILES string of the molecule is Nc1nc(NC2CCN(c3ccc(F)cc3)CC2)cc(C2CC(N)C2)n1. The van der Waals surface area contributed by atoms with Crippen molar-refractivity contribution in [2.75, 3.05) is 29.0 Å². The van der Waals surface area contributed by atoms with Gasteiger partial charge in [-0.15, -0.1) is 0 Å². The van der Waals surface area contributed by atoms with Crippen molar-refractivity contribution in [1.29, 1.82) is 0 Å². The van der Waals surface area contributed by atoms with Crippen molar-refractivity contribution in [2.24, 2.45) is 5.73 Å². The molecule has 1 saturated carbocycles. The summed E-state index contributed by atoms with van der Waals surface area (Å²) >= 11 is 0. The van der Waals surface area contributed by atoms with Crippen LogP contribution in [0.1, 0.15) is 37.3 Å².